The van der Waals surface area contributed by atoms with Crippen molar-refractivity contribution in [3.05, 3.63) is 0 Å². The molecule has 0 bridgehead atoms. The molecule has 19 nitrogen and oxygen atoms in total. The van der Waals surface area contributed by atoms with Gasteiger partial charge in [0, 0.05) is 0 Å². The molecule has 0 rings (SSSR count). The minimum atomic E-state index is -1.82. The molecule has 0 heterocycles. The van der Waals surface area contributed by atoms with Crippen molar-refractivity contribution in [1.29, 1.82) is 0 Å². The van der Waals surface area contributed by atoms with Crippen LogP contribution >= 0.6 is 0 Å². The summed E-state index contributed by atoms with van der Waals surface area (Å²) in [5.74, 6) is -3.28. The monoisotopic (exact) mass is 595 g/mol. The molecule has 0 radical (unpaired) electrons. The summed E-state index contributed by atoms with van der Waals surface area (Å²) < 4.78 is 0. The Morgan fingerprint density at radius 3 is 1.41 bits per heavy atom. The molecule has 208 valence electrons. The van der Waals surface area contributed by atoms with Gasteiger partial charge in [0.05, 0.1) is 31.5 Å². The number of nitrogens with one attached hydrogen (secondary N) is 1. The summed E-state index contributed by atoms with van der Waals surface area (Å²) in [7, 11) is 0. The third-order valence-corrected chi connectivity index (χ3v) is 3.75. The number of aliphatic carboxylic acids is 2. The maximum atomic E-state index is 10.6. The molecule has 4 amide bonds. The maximum Gasteiger partial charge on any atom is 1.00 e. The van der Waals surface area contributed by atoms with Crippen molar-refractivity contribution in [3.63, 3.8) is 0 Å². The van der Waals surface area contributed by atoms with Crippen molar-refractivity contribution in [3.8, 4) is 0 Å². The first-order valence-electron chi connectivity index (χ1n) is 9.13. The van der Waals surface area contributed by atoms with Crippen LogP contribution in [0.3, 0.4) is 0 Å². The topological polar surface area (TPSA) is 339 Å². The summed E-state index contributed by atoms with van der Waals surface area (Å²) in [5, 5.41) is 55.0. The molecule has 39 heavy (non-hydrogen) atoms. The molecule has 0 saturated carbocycles. The van der Waals surface area contributed by atoms with Gasteiger partial charge in [-0.15, -0.1) is 0 Å². The van der Waals surface area contributed by atoms with E-state index in [2.05, 4.69) is 5.32 Å². The minimum absolute atomic E-state index is 0. The van der Waals surface area contributed by atoms with Crippen LogP contribution in [0.25, 0.3) is 0 Å². The van der Waals surface area contributed by atoms with E-state index in [1.165, 1.54) is 0 Å². The largest absolute Gasteiger partial charge is 1.00 e. The van der Waals surface area contributed by atoms with Crippen LogP contribution in [0.15, 0.2) is 0 Å². The van der Waals surface area contributed by atoms with E-state index in [0.29, 0.717) is 12.8 Å². The fourth-order valence-electron chi connectivity index (χ4n) is 2.09. The summed E-state index contributed by atoms with van der Waals surface area (Å²) in [6.07, 6.45) is -3.82. The Kier molecular flexibility index (Phi) is 43.0. The van der Waals surface area contributed by atoms with E-state index in [0.717, 1.165) is 0 Å². The normalized spacial score (nSPS) is 10.1. The van der Waals surface area contributed by atoms with Crippen molar-refractivity contribution in [1.82, 2.24) is 15.1 Å². The van der Waals surface area contributed by atoms with Gasteiger partial charge in [-0.3, -0.25) is 17.4 Å². The minimum Gasteiger partial charge on any atom is -0.870 e. The van der Waals surface area contributed by atoms with Gasteiger partial charge in [-0.1, -0.05) is 6.42 Å². The van der Waals surface area contributed by atoms with Gasteiger partial charge in [-0.2, -0.15) is 12.3 Å². The molecule has 22 heteroatoms. The molecule has 0 saturated heterocycles. The number of hydrogen-bond donors (Lipinski definition) is 6. The standard InChI is InChI=1S/C11H15NO6.C6H8N2O8.3Na.2H2O/c13-5-3-8(7-14)2-1-4-12-9(11(17)18)6-10(15)16;9-3(10)7(4(11)12)1-2-8(5(13)14)6(15)16;;;;;/h8-9,12H,1-4,6H2,(H,15,16)(H,17,18);1-2H2,(H,9,10)(H,11,12)(H,13,14)(H,15,16);;;;2*1H2/q-2;;3*+1;;/p-3/t8-,9-;;;;;;/m0....../s1. The number of imide groups is 2. The van der Waals surface area contributed by atoms with Crippen LogP contribution in [0.5, 0.6) is 0 Å². The van der Waals surface area contributed by atoms with Gasteiger partial charge in [0.2, 0.25) is 0 Å². The molecule has 8 N–H and O–H groups in total. The Labute approximate surface area is 287 Å². The molecule has 0 aliphatic rings. The summed E-state index contributed by atoms with van der Waals surface area (Å²) in [4.78, 5) is 82.4. The fourth-order valence-corrected chi connectivity index (χ4v) is 2.09. The number of hydrogen-bond acceptors (Lipinski definition) is 12. The van der Waals surface area contributed by atoms with Crippen LogP contribution in [0.2, 0.25) is 0 Å². The zero-order valence-corrected chi connectivity index (χ0v) is 27.3. The van der Waals surface area contributed by atoms with Crippen LogP contribution in [-0.4, -0.2) is 121 Å². The fraction of sp³-hybridized carbons (Fsp3) is 0.529. The second-order valence-corrected chi connectivity index (χ2v) is 6.16. The summed E-state index contributed by atoms with van der Waals surface area (Å²) in [6, 6.07) is -1.27. The Morgan fingerprint density at radius 2 is 1.15 bits per heavy atom. The molecule has 0 aromatic rings. The van der Waals surface area contributed by atoms with Crippen molar-refractivity contribution < 1.29 is 169 Å². The third kappa shape index (κ3) is 28.0. The van der Waals surface area contributed by atoms with Crippen molar-refractivity contribution in [2.75, 3.05) is 19.6 Å². The smallest absolute Gasteiger partial charge is 0.870 e. The molecular formula is C17H24N3Na3O16-2. The Morgan fingerprint density at radius 1 is 0.769 bits per heavy atom. The van der Waals surface area contributed by atoms with Crippen molar-refractivity contribution in [2.45, 2.75) is 31.7 Å². The van der Waals surface area contributed by atoms with Crippen LogP contribution in [0, 0.1) is 5.92 Å². The zero-order chi connectivity index (χ0) is 26.8. The number of carbonyl (C=O) groups is 6. The van der Waals surface area contributed by atoms with Gasteiger partial charge in [-0.05, 0) is 13.0 Å². The SMILES string of the molecule is O=C(O)N(CCN(C(=O)O)C(=O)O)C(=O)O.O=[C-]C[C@@H]([C-]=O)CCCN[C@@H](CC(=O)O)C(=O)[O-].[Na+].[Na+].[Na+].[OH-].[OH-]. The van der Waals surface area contributed by atoms with Crippen molar-refractivity contribution in [2.24, 2.45) is 5.92 Å². The number of carboxylic acid groups (broad SMARTS) is 6. The predicted octanol–water partition coefficient (Wildman–Crippen LogP) is -10.9. The molecular weight excluding hydrogens is 571 g/mol. The predicted molar refractivity (Wildman–Crippen MR) is 107 cm³/mol. The molecule has 0 aliphatic carbocycles. The van der Waals surface area contributed by atoms with Gasteiger partial charge < -0.3 is 61.3 Å². The number of amides is 4. The molecule has 0 aromatic carbocycles. The van der Waals surface area contributed by atoms with E-state index in [1.807, 2.05) is 0 Å². The van der Waals surface area contributed by atoms with Crippen LogP contribution in [0.1, 0.15) is 25.7 Å². The Hall–Kier alpha value is -1.36. The zero-order valence-electron chi connectivity index (χ0n) is 21.3. The van der Waals surface area contributed by atoms with E-state index in [4.69, 9.17) is 25.5 Å². The Bertz CT molecular complexity index is 713. The second-order valence-electron chi connectivity index (χ2n) is 6.16. The number of rotatable bonds is 14. The van der Waals surface area contributed by atoms with Gasteiger partial charge in [0.15, 0.2) is 0 Å². The molecule has 0 unspecified atom stereocenters. The van der Waals surface area contributed by atoms with E-state index in [-0.39, 0.29) is 122 Å². The molecule has 0 aromatic heterocycles. The average molecular weight is 595 g/mol. The van der Waals surface area contributed by atoms with Crippen molar-refractivity contribution >= 4 is 48.9 Å². The van der Waals surface area contributed by atoms with Gasteiger partial charge in [0.25, 0.3) is 0 Å². The van der Waals surface area contributed by atoms with Gasteiger partial charge in [0.1, 0.15) is 0 Å². The molecule has 0 fully saturated rings. The van der Waals surface area contributed by atoms with Crippen LogP contribution in [0.4, 0.5) is 19.2 Å². The van der Waals surface area contributed by atoms with E-state index < -0.39 is 67.8 Å². The quantitative estimate of drug-likeness (QED) is 0.0616. The van der Waals surface area contributed by atoms with E-state index in [1.54, 1.807) is 12.6 Å². The maximum absolute atomic E-state index is 10.6. The summed E-state index contributed by atoms with van der Waals surface area (Å²) in [5.41, 5.74) is 0. The number of carboxylic acids is 2. The van der Waals surface area contributed by atoms with Gasteiger partial charge >= 0.3 is 119 Å². The summed E-state index contributed by atoms with van der Waals surface area (Å²) >= 11 is 0. The first kappa shape index (κ1) is 53.8. The Balaban J connectivity index is -0.0000000935. The molecule has 0 spiro atoms. The average Bonchev–Trinajstić information content (AvgIpc) is 2.71. The van der Waals surface area contributed by atoms with E-state index in [9.17, 15) is 43.5 Å². The van der Waals surface area contributed by atoms with Gasteiger partial charge in [-0.25, -0.2) is 29.0 Å². The number of nitrogens with zero attached hydrogens (tertiary/aromatic N) is 2. The molecule has 2 atom stereocenters. The first-order chi connectivity index (χ1) is 15.8. The second kappa shape index (κ2) is 31.2. The number of carbonyl (C=O) groups excluding carboxylic acids is 3. The summed E-state index contributed by atoms with van der Waals surface area (Å²) in [6.45, 7) is -1.37. The molecule has 0 aliphatic heterocycles. The van der Waals surface area contributed by atoms with Crippen LogP contribution in [-0.2, 0) is 19.2 Å². The third-order valence-electron chi connectivity index (χ3n) is 3.75. The van der Waals surface area contributed by atoms with E-state index >= 15 is 0 Å². The van der Waals surface area contributed by atoms with Crippen LogP contribution < -0.4 is 99.1 Å². The first-order valence-corrected chi connectivity index (χ1v) is 9.13.